The van der Waals surface area contributed by atoms with Crippen molar-refractivity contribution >= 4 is 17.0 Å². The van der Waals surface area contributed by atoms with Crippen molar-refractivity contribution in [2.75, 3.05) is 45.2 Å². The van der Waals surface area contributed by atoms with Gasteiger partial charge in [-0.2, -0.15) is 0 Å². The van der Waals surface area contributed by atoms with Crippen molar-refractivity contribution in [2.24, 2.45) is 0 Å². The maximum Gasteiger partial charge on any atom is 0.173 e. The van der Waals surface area contributed by atoms with Crippen molar-refractivity contribution in [1.82, 2.24) is 30.0 Å². The number of hydrogen-bond acceptors (Lipinski definition) is 7. The van der Waals surface area contributed by atoms with Crippen LogP contribution in [0.4, 0.5) is 5.69 Å². The minimum absolute atomic E-state index is 0.0186. The van der Waals surface area contributed by atoms with Crippen LogP contribution in [0.2, 0.25) is 0 Å². The van der Waals surface area contributed by atoms with Crippen molar-refractivity contribution in [3.05, 3.63) is 93.9 Å². The molecular weight excluding hydrogens is 442 g/mol. The first-order chi connectivity index (χ1) is 16.7. The summed E-state index contributed by atoms with van der Waals surface area (Å²) < 4.78 is 1.96. The summed E-state index contributed by atoms with van der Waals surface area (Å²) in [5.41, 5.74) is 3.78. The molecular formula is C26H31N7S. The number of tetrazole rings is 1. The Morgan fingerprint density at radius 3 is 2.32 bits per heavy atom. The Morgan fingerprint density at radius 2 is 1.65 bits per heavy atom. The summed E-state index contributed by atoms with van der Waals surface area (Å²) in [6.07, 6.45) is 0. The number of nitrogens with zero attached hydrogens (tertiary/aromatic N) is 7. The molecule has 0 radical (unpaired) electrons. The molecule has 4 aromatic rings. The fraction of sp³-hybridized carbons (Fsp3) is 0.346. The average molecular weight is 474 g/mol. The monoisotopic (exact) mass is 473 g/mol. The van der Waals surface area contributed by atoms with E-state index in [4.69, 9.17) is 0 Å². The smallest absolute Gasteiger partial charge is 0.173 e. The van der Waals surface area contributed by atoms with Gasteiger partial charge < -0.3 is 4.90 Å². The highest BCUT2D eigenvalue weighted by atomic mass is 32.1. The quantitative estimate of drug-likeness (QED) is 0.389. The van der Waals surface area contributed by atoms with Gasteiger partial charge in [0, 0.05) is 57.4 Å². The zero-order chi connectivity index (χ0) is 23.3. The fourth-order valence-corrected chi connectivity index (χ4v) is 5.26. The molecule has 3 heterocycles. The molecule has 34 heavy (non-hydrogen) atoms. The summed E-state index contributed by atoms with van der Waals surface area (Å²) in [5, 5.41) is 15.1. The van der Waals surface area contributed by atoms with Gasteiger partial charge in [-0.05, 0) is 45.1 Å². The van der Waals surface area contributed by atoms with Crippen molar-refractivity contribution in [1.29, 1.82) is 0 Å². The van der Waals surface area contributed by atoms with E-state index in [9.17, 15) is 0 Å². The Balaban J connectivity index is 1.39. The first kappa shape index (κ1) is 22.7. The Hall–Kier alpha value is -3.07. The molecule has 2 aromatic heterocycles. The van der Waals surface area contributed by atoms with Gasteiger partial charge in [0.25, 0.3) is 0 Å². The Morgan fingerprint density at radius 1 is 0.882 bits per heavy atom. The van der Waals surface area contributed by atoms with E-state index >= 15 is 0 Å². The molecule has 1 fully saturated rings. The first-order valence-electron chi connectivity index (χ1n) is 11.7. The zero-order valence-electron chi connectivity index (χ0n) is 19.8. The van der Waals surface area contributed by atoms with Crippen LogP contribution in [0.3, 0.4) is 0 Å². The minimum Gasteiger partial charge on any atom is -0.378 e. The van der Waals surface area contributed by atoms with E-state index in [2.05, 4.69) is 116 Å². The molecule has 1 atom stereocenters. The van der Waals surface area contributed by atoms with Crippen molar-refractivity contribution in [3.63, 3.8) is 0 Å². The average Bonchev–Trinajstić information content (AvgIpc) is 3.54. The van der Waals surface area contributed by atoms with Gasteiger partial charge in [-0.15, -0.1) is 16.4 Å². The van der Waals surface area contributed by atoms with E-state index in [0.717, 1.165) is 38.5 Å². The van der Waals surface area contributed by atoms with E-state index in [1.54, 1.807) is 11.3 Å². The van der Waals surface area contributed by atoms with E-state index < -0.39 is 0 Å². The van der Waals surface area contributed by atoms with Gasteiger partial charge in [0.05, 0.1) is 12.6 Å². The van der Waals surface area contributed by atoms with E-state index in [1.807, 2.05) is 4.68 Å². The highest BCUT2D eigenvalue weighted by Crippen LogP contribution is 2.30. The number of anilines is 1. The molecule has 0 spiro atoms. The maximum atomic E-state index is 4.53. The van der Waals surface area contributed by atoms with Gasteiger partial charge in [-0.1, -0.05) is 48.5 Å². The van der Waals surface area contributed by atoms with Gasteiger partial charge in [0.15, 0.2) is 5.82 Å². The van der Waals surface area contributed by atoms with Crippen LogP contribution < -0.4 is 4.90 Å². The molecule has 7 nitrogen and oxygen atoms in total. The lowest BCUT2D eigenvalue weighted by atomic mass is 10.0. The second-order valence-electron chi connectivity index (χ2n) is 8.96. The van der Waals surface area contributed by atoms with Crippen LogP contribution in [0.1, 0.15) is 27.9 Å². The van der Waals surface area contributed by atoms with Crippen molar-refractivity contribution < 1.29 is 0 Å². The summed E-state index contributed by atoms with van der Waals surface area (Å²) in [4.78, 5) is 8.44. The molecule has 5 rings (SSSR count). The summed E-state index contributed by atoms with van der Waals surface area (Å²) in [5.74, 6) is 0.905. The van der Waals surface area contributed by atoms with E-state index in [0.29, 0.717) is 6.54 Å². The van der Waals surface area contributed by atoms with Crippen LogP contribution in [0.15, 0.2) is 72.1 Å². The van der Waals surface area contributed by atoms with Crippen LogP contribution >= 0.6 is 11.3 Å². The molecule has 0 amide bonds. The van der Waals surface area contributed by atoms with Crippen LogP contribution in [0.5, 0.6) is 0 Å². The third kappa shape index (κ3) is 5.19. The molecule has 1 aliphatic rings. The van der Waals surface area contributed by atoms with Crippen LogP contribution in [0, 0.1) is 0 Å². The maximum absolute atomic E-state index is 4.53. The molecule has 1 aliphatic heterocycles. The van der Waals surface area contributed by atoms with E-state index in [-0.39, 0.29) is 6.04 Å². The lowest BCUT2D eigenvalue weighted by Crippen LogP contribution is -2.48. The van der Waals surface area contributed by atoms with E-state index in [1.165, 1.54) is 21.7 Å². The third-order valence-electron chi connectivity index (χ3n) is 6.44. The topological polar surface area (TPSA) is 53.3 Å². The predicted molar refractivity (Wildman–Crippen MR) is 137 cm³/mol. The number of rotatable bonds is 8. The molecule has 1 saturated heterocycles. The SMILES string of the molecule is CN(C)c1ccc([C@@H](c2nnnn2Cc2cccs2)N2CCN(Cc3ccccc3)CC2)cc1. The minimum atomic E-state index is 0.0186. The molecule has 0 saturated carbocycles. The zero-order valence-corrected chi connectivity index (χ0v) is 20.6. The molecule has 0 N–H and O–H groups in total. The molecule has 176 valence electrons. The second kappa shape index (κ2) is 10.5. The Bertz CT molecular complexity index is 1150. The number of hydrogen-bond donors (Lipinski definition) is 0. The van der Waals surface area contributed by atoms with Crippen molar-refractivity contribution in [2.45, 2.75) is 19.1 Å². The lowest BCUT2D eigenvalue weighted by molar-refractivity contribution is 0.100. The number of thiophene rings is 1. The molecule has 0 bridgehead atoms. The lowest BCUT2D eigenvalue weighted by Gasteiger charge is -2.39. The summed E-state index contributed by atoms with van der Waals surface area (Å²) in [6.45, 7) is 5.67. The van der Waals surface area contributed by atoms with Crippen LogP contribution in [-0.2, 0) is 13.1 Å². The highest BCUT2D eigenvalue weighted by Gasteiger charge is 2.30. The largest absolute Gasteiger partial charge is 0.378 e. The number of aromatic nitrogens is 4. The van der Waals surface area contributed by atoms with Gasteiger partial charge >= 0.3 is 0 Å². The van der Waals surface area contributed by atoms with Crippen molar-refractivity contribution in [3.8, 4) is 0 Å². The molecule has 0 unspecified atom stereocenters. The van der Waals surface area contributed by atoms with Gasteiger partial charge in [-0.3, -0.25) is 9.80 Å². The fourth-order valence-electron chi connectivity index (χ4n) is 4.57. The van der Waals surface area contributed by atoms with Gasteiger partial charge in [0.2, 0.25) is 0 Å². The Labute approximate surface area is 205 Å². The summed E-state index contributed by atoms with van der Waals surface area (Å²) in [7, 11) is 4.14. The molecule has 2 aromatic carbocycles. The standard InChI is InChI=1S/C26H31N7S/c1-30(2)23-12-10-22(11-13-23)25(26-27-28-29-33(26)20-24-9-6-18-34-24)32-16-14-31(15-17-32)19-21-7-4-3-5-8-21/h3-13,18,25H,14-17,19-20H2,1-2H3/t25-/m0/s1. The molecule has 0 aliphatic carbocycles. The third-order valence-corrected chi connectivity index (χ3v) is 7.30. The summed E-state index contributed by atoms with van der Waals surface area (Å²) >= 11 is 1.74. The van der Waals surface area contributed by atoms with Crippen LogP contribution in [0.25, 0.3) is 0 Å². The van der Waals surface area contributed by atoms with Gasteiger partial charge in [0.1, 0.15) is 0 Å². The second-order valence-corrected chi connectivity index (χ2v) is 9.99. The van der Waals surface area contributed by atoms with Gasteiger partial charge in [-0.25, -0.2) is 4.68 Å². The number of piperazine rings is 1. The normalized spacial score (nSPS) is 15.9. The summed E-state index contributed by atoms with van der Waals surface area (Å²) in [6, 6.07) is 23.8. The highest BCUT2D eigenvalue weighted by molar-refractivity contribution is 7.09. The Kier molecular flexibility index (Phi) is 6.99. The number of benzene rings is 2. The molecule has 8 heteroatoms. The van der Waals surface area contributed by atoms with Crippen LogP contribution in [-0.4, -0.2) is 70.3 Å². The first-order valence-corrected chi connectivity index (χ1v) is 12.6. The predicted octanol–water partition coefficient (Wildman–Crippen LogP) is 3.76.